The molecule has 0 saturated carbocycles. The molecule has 0 aliphatic carbocycles. The molecule has 4 rings (SSSR count). The van der Waals surface area contributed by atoms with Crippen LogP contribution in [0, 0.1) is 0 Å². The number of hydrogen-bond donors (Lipinski definition) is 1. The number of nitrogens with zero attached hydrogens (tertiary/aromatic N) is 3. The van der Waals surface area contributed by atoms with Crippen molar-refractivity contribution in [2.24, 2.45) is 0 Å². The van der Waals surface area contributed by atoms with Crippen molar-refractivity contribution < 1.29 is 23.1 Å². The van der Waals surface area contributed by atoms with Crippen molar-refractivity contribution in [3.8, 4) is 0 Å². The molecule has 4 aromatic rings. The zero-order valence-electron chi connectivity index (χ0n) is 19.5. The van der Waals surface area contributed by atoms with Gasteiger partial charge in [-0.1, -0.05) is 67.9 Å². The maximum atomic E-state index is 13.1. The van der Waals surface area contributed by atoms with E-state index in [0.29, 0.717) is 16.8 Å². The fraction of sp³-hybridized carbons (Fsp3) is 0.179. The molecule has 1 atom stereocenters. The van der Waals surface area contributed by atoms with Crippen molar-refractivity contribution in [1.29, 1.82) is 0 Å². The normalized spacial score (nSPS) is 12.9. The lowest BCUT2D eigenvalue weighted by Gasteiger charge is -2.24. The Morgan fingerprint density at radius 3 is 2.36 bits per heavy atom. The largest absolute Gasteiger partial charge is 0.478 e. The highest BCUT2D eigenvalue weighted by atomic mass is 19.4. The Morgan fingerprint density at radius 2 is 1.78 bits per heavy atom. The summed E-state index contributed by atoms with van der Waals surface area (Å²) in [5.41, 5.74) is 2.82. The molecule has 1 heterocycles. The Balaban J connectivity index is 1.96. The number of alkyl halides is 3. The molecule has 0 fully saturated rings. The smallest absolute Gasteiger partial charge is 0.416 e. The summed E-state index contributed by atoms with van der Waals surface area (Å²) in [5, 5.41) is 14.3. The number of allylic oxidation sites excluding steroid dienone is 1. The van der Waals surface area contributed by atoms with Crippen LogP contribution in [0.15, 0.2) is 85.5 Å². The number of aryl methyl sites for hydroxylation is 1. The van der Waals surface area contributed by atoms with Crippen LogP contribution in [0.1, 0.15) is 57.4 Å². The van der Waals surface area contributed by atoms with Gasteiger partial charge in [0.1, 0.15) is 12.7 Å². The molecule has 0 amide bonds. The Hall–Kier alpha value is -4.20. The van der Waals surface area contributed by atoms with Crippen LogP contribution in [0.4, 0.5) is 13.2 Å². The first kappa shape index (κ1) is 24.9. The van der Waals surface area contributed by atoms with Crippen molar-refractivity contribution in [3.63, 3.8) is 0 Å². The third-order valence-electron chi connectivity index (χ3n) is 5.86. The van der Waals surface area contributed by atoms with Gasteiger partial charge in [0.2, 0.25) is 0 Å². The lowest BCUT2D eigenvalue weighted by molar-refractivity contribution is -0.137. The van der Waals surface area contributed by atoms with Gasteiger partial charge in [-0.3, -0.25) is 0 Å². The highest BCUT2D eigenvalue weighted by Gasteiger charge is 2.30. The van der Waals surface area contributed by atoms with Gasteiger partial charge < -0.3 is 5.11 Å². The lowest BCUT2D eigenvalue weighted by Crippen LogP contribution is -2.15. The molecule has 184 valence electrons. The summed E-state index contributed by atoms with van der Waals surface area (Å²) in [4.78, 5) is 16.3. The number of benzene rings is 3. The van der Waals surface area contributed by atoms with E-state index in [9.17, 15) is 23.1 Å². The fourth-order valence-electron chi connectivity index (χ4n) is 4.21. The number of halogens is 3. The van der Waals surface area contributed by atoms with Crippen molar-refractivity contribution in [3.05, 3.63) is 119 Å². The van der Waals surface area contributed by atoms with Gasteiger partial charge in [0.15, 0.2) is 0 Å². The van der Waals surface area contributed by atoms with E-state index < -0.39 is 23.6 Å². The zero-order valence-corrected chi connectivity index (χ0v) is 19.5. The second-order valence-corrected chi connectivity index (χ2v) is 8.35. The average molecular weight is 492 g/mol. The first-order valence-electron chi connectivity index (χ1n) is 11.4. The van der Waals surface area contributed by atoms with E-state index in [1.54, 1.807) is 12.1 Å². The monoisotopic (exact) mass is 491 g/mol. The van der Waals surface area contributed by atoms with Gasteiger partial charge in [-0.15, -0.1) is 0 Å². The van der Waals surface area contributed by atoms with Crippen LogP contribution < -0.4 is 0 Å². The summed E-state index contributed by atoms with van der Waals surface area (Å²) in [7, 11) is 0. The van der Waals surface area contributed by atoms with E-state index in [4.69, 9.17) is 0 Å². The van der Waals surface area contributed by atoms with E-state index in [-0.39, 0.29) is 5.56 Å². The third kappa shape index (κ3) is 5.54. The summed E-state index contributed by atoms with van der Waals surface area (Å²) in [6.45, 7) is 2.05. The topological polar surface area (TPSA) is 68.0 Å². The molecule has 0 aliphatic heterocycles. The molecule has 0 spiro atoms. The van der Waals surface area contributed by atoms with E-state index in [1.165, 1.54) is 29.5 Å². The van der Waals surface area contributed by atoms with Gasteiger partial charge >= 0.3 is 12.1 Å². The highest BCUT2D eigenvalue weighted by Crippen LogP contribution is 2.38. The van der Waals surface area contributed by atoms with E-state index in [2.05, 4.69) is 10.1 Å². The minimum absolute atomic E-state index is 0.141. The van der Waals surface area contributed by atoms with Crippen LogP contribution in [0.25, 0.3) is 11.8 Å². The number of rotatable bonds is 8. The molecule has 0 aliphatic rings. The van der Waals surface area contributed by atoms with Crippen LogP contribution in [-0.2, 0) is 12.6 Å². The second-order valence-electron chi connectivity index (χ2n) is 8.35. The van der Waals surface area contributed by atoms with E-state index in [0.717, 1.165) is 36.1 Å². The number of carboxylic acids is 1. The minimum Gasteiger partial charge on any atom is -0.478 e. The second kappa shape index (κ2) is 10.6. The highest BCUT2D eigenvalue weighted by molar-refractivity contribution is 5.92. The number of carboxylic acid groups (broad SMARTS) is 1. The molecule has 5 nitrogen and oxygen atoms in total. The van der Waals surface area contributed by atoms with E-state index >= 15 is 0 Å². The van der Waals surface area contributed by atoms with Gasteiger partial charge in [-0.25, -0.2) is 14.5 Å². The Labute approximate surface area is 206 Å². The molecule has 0 radical (unpaired) electrons. The molecule has 0 saturated heterocycles. The maximum absolute atomic E-state index is 13.1. The number of aromatic carboxylic acids is 1. The lowest BCUT2D eigenvalue weighted by atomic mass is 9.83. The SMILES string of the molecule is CCCc1ccc(C(=O)O)c(C(/C(=C\c2ccc(C(F)(F)F)cc2)n2cncn2)c2ccccc2)c1. The molecule has 1 N–H and O–H groups in total. The third-order valence-corrected chi connectivity index (χ3v) is 5.86. The summed E-state index contributed by atoms with van der Waals surface area (Å²) < 4.78 is 40.8. The molecule has 1 unspecified atom stereocenters. The van der Waals surface area contributed by atoms with Crippen LogP contribution in [0.3, 0.4) is 0 Å². The van der Waals surface area contributed by atoms with Crippen LogP contribution in [0.5, 0.6) is 0 Å². The van der Waals surface area contributed by atoms with Gasteiger partial charge in [0, 0.05) is 0 Å². The standard InChI is InChI=1S/C28H24F3N3O2/c1-2-6-19-11-14-23(27(35)36)24(15-19)26(21-7-4-3-5-8-21)25(34-18-32-17-33-34)16-20-9-12-22(13-10-20)28(29,30)31/h3-5,7-18,26H,2,6H2,1H3,(H,35,36)/b25-16+. The molecule has 3 aromatic carbocycles. The predicted octanol–water partition coefficient (Wildman–Crippen LogP) is 6.78. The molecule has 36 heavy (non-hydrogen) atoms. The summed E-state index contributed by atoms with van der Waals surface area (Å²) >= 11 is 0. The Kier molecular flexibility index (Phi) is 7.33. The summed E-state index contributed by atoms with van der Waals surface area (Å²) in [6.07, 6.45) is 1.77. The first-order valence-corrected chi connectivity index (χ1v) is 11.4. The van der Waals surface area contributed by atoms with Gasteiger partial charge in [-0.05, 0) is 52.9 Å². The molecule has 0 bridgehead atoms. The number of aromatic nitrogens is 3. The Morgan fingerprint density at radius 1 is 1.06 bits per heavy atom. The summed E-state index contributed by atoms with van der Waals surface area (Å²) in [5.74, 6) is -1.65. The summed E-state index contributed by atoms with van der Waals surface area (Å²) in [6, 6.07) is 19.5. The van der Waals surface area contributed by atoms with Crippen molar-refractivity contribution in [1.82, 2.24) is 14.8 Å². The first-order chi connectivity index (χ1) is 17.3. The molecule has 1 aromatic heterocycles. The van der Waals surface area contributed by atoms with Crippen LogP contribution in [-0.4, -0.2) is 25.8 Å². The van der Waals surface area contributed by atoms with Crippen molar-refractivity contribution in [2.75, 3.05) is 0 Å². The quantitative estimate of drug-likeness (QED) is 0.295. The predicted molar refractivity (Wildman–Crippen MR) is 131 cm³/mol. The van der Waals surface area contributed by atoms with Crippen molar-refractivity contribution in [2.45, 2.75) is 31.9 Å². The average Bonchev–Trinajstić information content (AvgIpc) is 3.39. The van der Waals surface area contributed by atoms with E-state index in [1.807, 2.05) is 49.4 Å². The van der Waals surface area contributed by atoms with Crippen LogP contribution >= 0.6 is 0 Å². The zero-order chi connectivity index (χ0) is 25.7. The molecular formula is C28H24F3N3O2. The van der Waals surface area contributed by atoms with Gasteiger partial charge in [-0.2, -0.15) is 18.3 Å². The molecule has 8 heteroatoms. The Bertz CT molecular complexity index is 1350. The number of carbonyl (C=O) groups is 1. The fourth-order valence-corrected chi connectivity index (χ4v) is 4.21. The minimum atomic E-state index is -4.44. The van der Waals surface area contributed by atoms with Gasteiger partial charge in [0.25, 0.3) is 0 Å². The van der Waals surface area contributed by atoms with Gasteiger partial charge in [0.05, 0.1) is 22.7 Å². The van der Waals surface area contributed by atoms with Crippen LogP contribution in [0.2, 0.25) is 0 Å². The van der Waals surface area contributed by atoms with Crippen molar-refractivity contribution >= 4 is 17.7 Å². The molecular weight excluding hydrogens is 467 g/mol. The maximum Gasteiger partial charge on any atom is 0.416 e. The number of hydrogen-bond acceptors (Lipinski definition) is 3.